The van der Waals surface area contributed by atoms with E-state index < -0.39 is 5.97 Å². The zero-order valence-electron chi connectivity index (χ0n) is 23.7. The molecule has 3 aromatic heterocycles. The van der Waals surface area contributed by atoms with Gasteiger partial charge in [0.1, 0.15) is 11.6 Å². The number of nitrogens with one attached hydrogen (secondary N) is 1. The smallest absolute Gasteiger partial charge is 0.354 e. The molecule has 1 aliphatic rings. The highest BCUT2D eigenvalue weighted by molar-refractivity contribution is 5.94. The fraction of sp³-hybridized carbons (Fsp3) is 0.258. The number of carbonyl (C=O) groups excluding carboxylic acids is 1. The minimum absolute atomic E-state index is 0.0731. The molecule has 2 N–H and O–H groups in total. The predicted octanol–water partition coefficient (Wildman–Crippen LogP) is 3.67. The number of amides is 1. The van der Waals surface area contributed by atoms with Crippen molar-refractivity contribution >= 4 is 17.7 Å². The molecule has 0 aliphatic carbocycles. The van der Waals surface area contributed by atoms with E-state index in [-0.39, 0.29) is 24.7 Å². The largest absolute Gasteiger partial charge is 0.477 e. The third kappa shape index (κ3) is 5.90. The maximum absolute atomic E-state index is 12.9. The van der Waals surface area contributed by atoms with Crippen LogP contribution in [0.3, 0.4) is 0 Å². The van der Waals surface area contributed by atoms with Gasteiger partial charge in [0.25, 0.3) is 0 Å². The van der Waals surface area contributed by atoms with Crippen molar-refractivity contribution in [3.05, 3.63) is 95.7 Å². The molecule has 12 heteroatoms. The van der Waals surface area contributed by atoms with Gasteiger partial charge in [-0.15, -0.1) is 10.2 Å². The minimum atomic E-state index is -1.03. The quantitative estimate of drug-likeness (QED) is 0.254. The molecule has 0 spiro atoms. The number of benzene rings is 2. The average Bonchev–Trinajstić information content (AvgIpc) is 3.67. The van der Waals surface area contributed by atoms with E-state index in [1.807, 2.05) is 78.6 Å². The third-order valence-corrected chi connectivity index (χ3v) is 7.51. The van der Waals surface area contributed by atoms with Crippen molar-refractivity contribution in [3.63, 3.8) is 0 Å². The van der Waals surface area contributed by atoms with Crippen molar-refractivity contribution in [3.8, 4) is 22.5 Å². The minimum Gasteiger partial charge on any atom is -0.477 e. The van der Waals surface area contributed by atoms with E-state index in [0.29, 0.717) is 43.4 Å². The van der Waals surface area contributed by atoms with E-state index in [4.69, 9.17) is 4.98 Å². The van der Waals surface area contributed by atoms with Crippen LogP contribution in [0.2, 0.25) is 0 Å². The molecule has 0 saturated carbocycles. The topological polar surface area (TPSA) is 146 Å². The van der Waals surface area contributed by atoms with Crippen molar-refractivity contribution in [2.24, 2.45) is 0 Å². The summed E-state index contributed by atoms with van der Waals surface area (Å²) in [6, 6.07) is 21.3. The van der Waals surface area contributed by atoms with Crippen molar-refractivity contribution in [1.82, 2.24) is 40.1 Å². The van der Waals surface area contributed by atoms with Gasteiger partial charge in [0, 0.05) is 44.4 Å². The lowest BCUT2D eigenvalue weighted by Gasteiger charge is -2.33. The molecule has 0 radical (unpaired) electrons. The maximum atomic E-state index is 12.9. The maximum Gasteiger partial charge on any atom is 0.354 e. The van der Waals surface area contributed by atoms with Crippen molar-refractivity contribution in [1.29, 1.82) is 0 Å². The van der Waals surface area contributed by atoms with Crippen molar-refractivity contribution in [2.45, 2.75) is 32.9 Å². The monoisotopic (exact) mass is 577 g/mol. The Kier molecular flexibility index (Phi) is 8.01. The summed E-state index contributed by atoms with van der Waals surface area (Å²) >= 11 is 0. The van der Waals surface area contributed by atoms with Gasteiger partial charge < -0.3 is 9.67 Å². The van der Waals surface area contributed by atoms with Crippen molar-refractivity contribution in [2.75, 3.05) is 24.5 Å². The number of pyridine rings is 1. The van der Waals surface area contributed by atoms with Gasteiger partial charge in [0.2, 0.25) is 11.7 Å². The molecular weight excluding hydrogens is 546 g/mol. The second-order valence-corrected chi connectivity index (χ2v) is 10.4. The number of carboxylic acids is 1. The number of carbonyl (C=O) groups is 2. The van der Waals surface area contributed by atoms with Gasteiger partial charge in [-0.05, 0) is 40.5 Å². The van der Waals surface area contributed by atoms with E-state index in [0.717, 1.165) is 34.5 Å². The van der Waals surface area contributed by atoms with Crippen LogP contribution in [0.15, 0.2) is 72.9 Å². The first kappa shape index (κ1) is 27.9. The Morgan fingerprint density at radius 3 is 2.44 bits per heavy atom. The summed E-state index contributed by atoms with van der Waals surface area (Å²) in [5.74, 6) is 0.753. The summed E-state index contributed by atoms with van der Waals surface area (Å²) in [5, 5.41) is 24.7. The molecule has 4 heterocycles. The van der Waals surface area contributed by atoms with Crippen LogP contribution in [0, 0.1) is 0 Å². The number of hydrogen-bond donors (Lipinski definition) is 2. The van der Waals surface area contributed by atoms with Crippen LogP contribution in [-0.2, 0) is 24.3 Å². The number of anilines is 1. The molecule has 43 heavy (non-hydrogen) atoms. The Morgan fingerprint density at radius 1 is 0.977 bits per heavy atom. The Morgan fingerprint density at radius 2 is 1.77 bits per heavy atom. The van der Waals surface area contributed by atoms with E-state index in [1.165, 1.54) is 0 Å². The molecule has 0 atom stereocenters. The number of imidazole rings is 1. The zero-order valence-corrected chi connectivity index (χ0v) is 23.7. The third-order valence-electron chi connectivity index (χ3n) is 7.51. The molecule has 0 unspecified atom stereocenters. The van der Waals surface area contributed by atoms with Crippen LogP contribution in [0.25, 0.3) is 22.5 Å². The van der Waals surface area contributed by atoms with E-state index >= 15 is 0 Å². The van der Waals surface area contributed by atoms with Gasteiger partial charge in [0.15, 0.2) is 5.69 Å². The number of rotatable bonds is 10. The van der Waals surface area contributed by atoms with Crippen LogP contribution < -0.4 is 4.90 Å². The Labute approximate surface area is 248 Å². The second-order valence-electron chi connectivity index (χ2n) is 10.4. The number of aromatic amines is 1. The Hall–Kier alpha value is -5.23. The lowest BCUT2D eigenvalue weighted by Crippen LogP contribution is -2.50. The SMILES string of the molecule is CCCc1nc(CN2CCN(c3ccccn3)C(=O)C2)c(C(=O)O)n1Cc1ccc(-c2ccccc2-c2nn[nH]n2)cc1. The van der Waals surface area contributed by atoms with Gasteiger partial charge in [-0.25, -0.2) is 14.8 Å². The number of aromatic nitrogens is 7. The summed E-state index contributed by atoms with van der Waals surface area (Å²) < 4.78 is 1.80. The summed E-state index contributed by atoms with van der Waals surface area (Å²) in [6.45, 7) is 3.91. The molecule has 1 aliphatic heterocycles. The van der Waals surface area contributed by atoms with Gasteiger partial charge in [-0.1, -0.05) is 61.5 Å². The van der Waals surface area contributed by atoms with Crippen LogP contribution in [0.1, 0.15) is 40.9 Å². The standard InChI is InChI=1S/C31H31N9O3/c1-2-7-27-33-25(19-38-16-17-39(28(41)20-38)26-10-5-6-15-32-26)29(31(42)43)40(27)18-21-11-13-22(14-12-21)23-8-3-4-9-24(23)30-34-36-37-35-30/h3-6,8-15H,2,7,16-20H2,1H3,(H,42,43)(H,34,35,36,37). The first-order valence-electron chi connectivity index (χ1n) is 14.2. The fourth-order valence-corrected chi connectivity index (χ4v) is 5.49. The predicted molar refractivity (Wildman–Crippen MR) is 159 cm³/mol. The first-order chi connectivity index (χ1) is 21.0. The number of piperazine rings is 1. The molecule has 0 bridgehead atoms. The second kappa shape index (κ2) is 12.3. The molecule has 6 rings (SSSR count). The first-order valence-corrected chi connectivity index (χ1v) is 14.2. The number of carboxylic acid groups (broad SMARTS) is 1. The highest BCUT2D eigenvalue weighted by Crippen LogP contribution is 2.30. The highest BCUT2D eigenvalue weighted by Gasteiger charge is 2.29. The van der Waals surface area contributed by atoms with Gasteiger partial charge in [-0.3, -0.25) is 14.6 Å². The fourth-order valence-electron chi connectivity index (χ4n) is 5.49. The lowest BCUT2D eigenvalue weighted by atomic mass is 9.98. The molecule has 1 saturated heterocycles. The van der Waals surface area contributed by atoms with Crippen LogP contribution >= 0.6 is 0 Å². The van der Waals surface area contributed by atoms with E-state index in [9.17, 15) is 14.7 Å². The zero-order chi connectivity index (χ0) is 29.8. The molecule has 1 fully saturated rings. The Balaban J connectivity index is 1.23. The number of hydrogen-bond acceptors (Lipinski definition) is 8. The van der Waals surface area contributed by atoms with Gasteiger partial charge >= 0.3 is 5.97 Å². The normalized spacial score (nSPS) is 13.9. The highest BCUT2D eigenvalue weighted by atomic mass is 16.4. The van der Waals surface area contributed by atoms with Crippen LogP contribution in [0.4, 0.5) is 5.82 Å². The van der Waals surface area contributed by atoms with Gasteiger partial charge in [0.05, 0.1) is 12.2 Å². The summed E-state index contributed by atoms with van der Waals surface area (Å²) in [5.41, 5.74) is 4.40. The Bertz CT molecular complexity index is 1720. The van der Waals surface area contributed by atoms with E-state index in [1.54, 1.807) is 15.7 Å². The number of tetrazole rings is 1. The molecular formula is C31H31N9O3. The molecule has 2 aromatic carbocycles. The molecule has 1 amide bonds. The molecule has 5 aromatic rings. The number of aryl methyl sites for hydroxylation is 1. The number of aromatic carboxylic acids is 1. The molecule has 12 nitrogen and oxygen atoms in total. The van der Waals surface area contributed by atoms with Gasteiger partial charge in [-0.2, -0.15) is 5.21 Å². The number of H-pyrrole nitrogens is 1. The lowest BCUT2D eigenvalue weighted by molar-refractivity contribution is -0.121. The number of nitrogens with zero attached hydrogens (tertiary/aromatic N) is 8. The van der Waals surface area contributed by atoms with Crippen molar-refractivity contribution < 1.29 is 14.7 Å². The summed E-state index contributed by atoms with van der Waals surface area (Å²) in [6.07, 6.45) is 3.13. The summed E-state index contributed by atoms with van der Waals surface area (Å²) in [4.78, 5) is 38.3. The van der Waals surface area contributed by atoms with Crippen LogP contribution in [0.5, 0.6) is 0 Å². The molecule has 218 valence electrons. The van der Waals surface area contributed by atoms with E-state index in [2.05, 4.69) is 25.6 Å². The average molecular weight is 578 g/mol. The summed E-state index contributed by atoms with van der Waals surface area (Å²) in [7, 11) is 0. The van der Waals surface area contributed by atoms with Crippen LogP contribution in [-0.4, -0.2) is 76.7 Å².